The van der Waals surface area contributed by atoms with Crippen molar-refractivity contribution >= 4 is 34.2 Å². The van der Waals surface area contributed by atoms with E-state index in [4.69, 9.17) is 9.15 Å². The number of aryl methyl sites for hydroxylation is 1. The third-order valence-electron chi connectivity index (χ3n) is 5.11. The second-order valence-electron chi connectivity index (χ2n) is 7.34. The van der Waals surface area contributed by atoms with Gasteiger partial charge in [-0.3, -0.25) is 4.79 Å². The van der Waals surface area contributed by atoms with Crippen molar-refractivity contribution in [1.82, 2.24) is 5.32 Å². The Morgan fingerprint density at radius 2 is 1.75 bits per heavy atom. The molecule has 0 unspecified atom stereocenters. The Morgan fingerprint density at radius 3 is 2.28 bits per heavy atom. The first-order valence-electron chi connectivity index (χ1n) is 10.8. The highest BCUT2D eigenvalue weighted by atomic mass is 32.1. The number of rotatable bonds is 9. The van der Waals surface area contributed by atoms with E-state index in [9.17, 15) is 27.6 Å². The third kappa shape index (κ3) is 5.08. The van der Waals surface area contributed by atoms with Gasteiger partial charge in [0.1, 0.15) is 10.6 Å². The van der Waals surface area contributed by atoms with Gasteiger partial charge in [-0.05, 0) is 31.0 Å². The summed E-state index contributed by atoms with van der Waals surface area (Å²) in [6.45, 7) is 3.28. The molecule has 0 radical (unpaired) electrons. The standard InChI is InChI=1S/C24H23F3N2O6S/c1-4-16-17(14-10-7-6-8-11-14)18(21(31)34-5-2)20(36-16)29-23(22(32)33-3,24(25,26)27)28-19(30)15-12-9-13-35-15/h6-13,29H,4-5H2,1-3H3,(H,28,30)/t23-/m1/s1. The summed E-state index contributed by atoms with van der Waals surface area (Å²) in [5.74, 6) is -4.54. The monoisotopic (exact) mass is 524 g/mol. The average Bonchev–Trinajstić information content (AvgIpc) is 3.51. The molecule has 3 rings (SSSR count). The fourth-order valence-corrected chi connectivity index (χ4v) is 4.68. The number of nitrogens with one attached hydrogen (secondary N) is 2. The first-order chi connectivity index (χ1) is 17.1. The summed E-state index contributed by atoms with van der Waals surface area (Å²) in [5, 5.41) is 3.43. The van der Waals surface area contributed by atoms with Crippen molar-refractivity contribution in [3.63, 3.8) is 0 Å². The summed E-state index contributed by atoms with van der Waals surface area (Å²) in [7, 11) is 0.747. The number of esters is 2. The van der Waals surface area contributed by atoms with Crippen LogP contribution in [0.25, 0.3) is 11.1 Å². The molecule has 0 fully saturated rings. The number of benzene rings is 1. The number of halogens is 3. The van der Waals surface area contributed by atoms with Crippen molar-refractivity contribution < 1.29 is 41.4 Å². The van der Waals surface area contributed by atoms with E-state index in [-0.39, 0.29) is 17.2 Å². The van der Waals surface area contributed by atoms with Gasteiger partial charge < -0.3 is 24.5 Å². The first-order valence-corrected chi connectivity index (χ1v) is 11.6. The van der Waals surface area contributed by atoms with Crippen LogP contribution in [0, 0.1) is 0 Å². The van der Waals surface area contributed by atoms with E-state index >= 15 is 0 Å². The number of hydrogen-bond acceptors (Lipinski definition) is 8. The highest BCUT2D eigenvalue weighted by Gasteiger charge is 2.64. The molecule has 0 saturated heterocycles. The quantitative estimate of drug-likeness (QED) is 0.299. The minimum atomic E-state index is -5.41. The molecule has 0 spiro atoms. The molecule has 0 bridgehead atoms. The third-order valence-corrected chi connectivity index (χ3v) is 6.36. The van der Waals surface area contributed by atoms with Gasteiger partial charge in [0.2, 0.25) is 0 Å². The van der Waals surface area contributed by atoms with Gasteiger partial charge in [0.25, 0.3) is 5.91 Å². The normalized spacial score (nSPS) is 12.9. The number of carbonyl (C=O) groups excluding carboxylic acids is 3. The van der Waals surface area contributed by atoms with Gasteiger partial charge in [-0.25, -0.2) is 9.59 Å². The number of amides is 1. The van der Waals surface area contributed by atoms with Crippen molar-refractivity contribution in [1.29, 1.82) is 0 Å². The largest absolute Gasteiger partial charge is 0.466 e. The van der Waals surface area contributed by atoms with Crippen molar-refractivity contribution in [2.75, 3.05) is 19.0 Å². The van der Waals surface area contributed by atoms with Gasteiger partial charge in [0, 0.05) is 10.4 Å². The van der Waals surface area contributed by atoms with E-state index in [2.05, 4.69) is 10.1 Å². The zero-order chi connectivity index (χ0) is 26.5. The summed E-state index contributed by atoms with van der Waals surface area (Å²) in [5.41, 5.74) is -3.02. The van der Waals surface area contributed by atoms with Crippen molar-refractivity contribution in [3.05, 3.63) is 64.9 Å². The molecule has 36 heavy (non-hydrogen) atoms. The number of thiophene rings is 1. The van der Waals surface area contributed by atoms with Crippen LogP contribution >= 0.6 is 11.3 Å². The van der Waals surface area contributed by atoms with Crippen molar-refractivity contribution in [3.8, 4) is 11.1 Å². The van der Waals surface area contributed by atoms with Crippen LogP contribution in [0.3, 0.4) is 0 Å². The lowest BCUT2D eigenvalue weighted by molar-refractivity contribution is -0.203. The lowest BCUT2D eigenvalue weighted by Gasteiger charge is -2.34. The molecular formula is C24H23F3N2O6S. The Morgan fingerprint density at radius 1 is 1.06 bits per heavy atom. The molecule has 1 atom stereocenters. The average molecular weight is 525 g/mol. The van der Waals surface area contributed by atoms with Gasteiger partial charge in [-0.1, -0.05) is 37.3 Å². The maximum absolute atomic E-state index is 14.6. The molecule has 0 aliphatic rings. The molecule has 0 aliphatic heterocycles. The number of methoxy groups -OCH3 is 1. The zero-order valence-electron chi connectivity index (χ0n) is 19.5. The number of hydrogen-bond donors (Lipinski definition) is 2. The smallest absolute Gasteiger partial charge is 0.441 e. The minimum Gasteiger partial charge on any atom is -0.466 e. The Hall–Kier alpha value is -3.80. The lowest BCUT2D eigenvalue weighted by atomic mass is 9.99. The fraction of sp³-hybridized carbons (Fsp3) is 0.292. The van der Waals surface area contributed by atoms with Crippen LogP contribution in [0.5, 0.6) is 0 Å². The molecule has 0 saturated carbocycles. The molecule has 0 aliphatic carbocycles. The Balaban J connectivity index is 2.24. The molecule has 2 N–H and O–H groups in total. The highest BCUT2D eigenvalue weighted by molar-refractivity contribution is 7.17. The summed E-state index contributed by atoms with van der Waals surface area (Å²) < 4.78 is 58.2. The maximum Gasteiger partial charge on any atom is 0.441 e. The second kappa shape index (κ2) is 10.9. The summed E-state index contributed by atoms with van der Waals surface area (Å²) >= 11 is 0.836. The lowest BCUT2D eigenvalue weighted by Crippen LogP contribution is -2.69. The number of alkyl halides is 3. The highest BCUT2D eigenvalue weighted by Crippen LogP contribution is 2.44. The topological polar surface area (TPSA) is 107 Å². The van der Waals surface area contributed by atoms with Gasteiger partial charge >= 0.3 is 23.8 Å². The van der Waals surface area contributed by atoms with Crippen LogP contribution in [-0.4, -0.2) is 43.4 Å². The van der Waals surface area contributed by atoms with Gasteiger partial charge in [-0.2, -0.15) is 13.2 Å². The summed E-state index contributed by atoms with van der Waals surface area (Å²) in [6, 6.07) is 11.0. The van der Waals surface area contributed by atoms with Crippen LogP contribution in [0.1, 0.15) is 39.6 Å². The molecule has 2 heterocycles. The van der Waals surface area contributed by atoms with Gasteiger partial charge in [-0.15, -0.1) is 11.3 Å². The fourth-order valence-electron chi connectivity index (χ4n) is 3.48. The van der Waals surface area contributed by atoms with E-state index < -0.39 is 35.4 Å². The Labute approximate surface area is 208 Å². The molecule has 1 aromatic carbocycles. The SMILES string of the molecule is CCOC(=O)c1c(N[C@](NC(=O)c2ccco2)(C(=O)OC)C(F)(F)F)sc(CC)c1-c1ccccc1. The predicted molar refractivity (Wildman–Crippen MR) is 126 cm³/mol. The summed E-state index contributed by atoms with van der Waals surface area (Å²) in [6.07, 6.45) is -3.95. The molecule has 2 aromatic heterocycles. The van der Waals surface area contributed by atoms with Gasteiger partial charge in [0.05, 0.1) is 20.0 Å². The first kappa shape index (κ1) is 26.8. The minimum absolute atomic E-state index is 0.0412. The molecular weight excluding hydrogens is 501 g/mol. The molecule has 1 amide bonds. The second-order valence-corrected chi connectivity index (χ2v) is 8.45. The maximum atomic E-state index is 14.6. The van der Waals surface area contributed by atoms with Crippen LogP contribution in [0.4, 0.5) is 18.2 Å². The summed E-state index contributed by atoms with van der Waals surface area (Å²) in [4.78, 5) is 38.9. The molecule has 12 heteroatoms. The number of anilines is 1. The number of furan rings is 1. The van der Waals surface area contributed by atoms with Crippen LogP contribution in [0.15, 0.2) is 53.1 Å². The molecule has 192 valence electrons. The Bertz CT molecular complexity index is 1220. The number of carbonyl (C=O) groups is 3. The number of ether oxygens (including phenoxy) is 2. The van der Waals surface area contributed by atoms with E-state index in [0.29, 0.717) is 22.4 Å². The Kier molecular flexibility index (Phi) is 8.08. The van der Waals surface area contributed by atoms with Crippen LogP contribution in [-0.2, 0) is 20.7 Å². The van der Waals surface area contributed by atoms with E-state index in [1.807, 2.05) is 0 Å². The van der Waals surface area contributed by atoms with Crippen LogP contribution in [0.2, 0.25) is 0 Å². The van der Waals surface area contributed by atoms with Crippen molar-refractivity contribution in [2.45, 2.75) is 32.1 Å². The zero-order valence-corrected chi connectivity index (χ0v) is 20.3. The van der Waals surface area contributed by atoms with E-state index in [0.717, 1.165) is 30.8 Å². The molecule has 8 nitrogen and oxygen atoms in total. The van der Waals surface area contributed by atoms with E-state index in [1.54, 1.807) is 49.5 Å². The van der Waals surface area contributed by atoms with Gasteiger partial charge in [0.15, 0.2) is 5.76 Å². The van der Waals surface area contributed by atoms with E-state index in [1.165, 1.54) is 6.07 Å². The predicted octanol–water partition coefficient (Wildman–Crippen LogP) is 5.02. The molecule has 3 aromatic rings. The van der Waals surface area contributed by atoms with Crippen LogP contribution < -0.4 is 10.6 Å². The van der Waals surface area contributed by atoms with Crippen molar-refractivity contribution in [2.24, 2.45) is 0 Å².